The second kappa shape index (κ2) is 4.58. The molecule has 4 rings (SSSR count). The zero-order chi connectivity index (χ0) is 13.0. The summed E-state index contributed by atoms with van der Waals surface area (Å²) in [7, 11) is 0. The fourth-order valence-electron chi connectivity index (χ4n) is 6.25. The minimum absolute atomic E-state index is 0.0257. The smallest absolute Gasteiger partial charge is 0.136 e. The van der Waals surface area contributed by atoms with E-state index in [4.69, 9.17) is 0 Å². The fourth-order valence-corrected chi connectivity index (χ4v) is 6.25. The Kier molecular flexibility index (Phi) is 2.98. The lowest BCUT2D eigenvalue weighted by Gasteiger charge is -2.52. The maximum absolute atomic E-state index is 12.0. The molecule has 4 saturated carbocycles. The molecule has 4 aliphatic rings. The maximum Gasteiger partial charge on any atom is 0.136 e. The molecular formula is C17H26O2. The highest BCUT2D eigenvalue weighted by atomic mass is 16.3. The van der Waals surface area contributed by atoms with Gasteiger partial charge in [-0.3, -0.25) is 4.79 Å². The van der Waals surface area contributed by atoms with Crippen LogP contribution in [0.15, 0.2) is 0 Å². The van der Waals surface area contributed by atoms with Crippen LogP contribution in [0.5, 0.6) is 0 Å². The molecule has 0 aliphatic heterocycles. The zero-order valence-electron chi connectivity index (χ0n) is 11.8. The van der Waals surface area contributed by atoms with Gasteiger partial charge in [0.25, 0.3) is 0 Å². The van der Waals surface area contributed by atoms with Gasteiger partial charge in [-0.25, -0.2) is 0 Å². The summed E-state index contributed by atoms with van der Waals surface area (Å²) >= 11 is 0. The van der Waals surface area contributed by atoms with Crippen molar-refractivity contribution in [2.75, 3.05) is 0 Å². The highest BCUT2D eigenvalue weighted by Gasteiger charge is 2.51. The average Bonchev–Trinajstić information content (AvgIpc) is 2.80. The Balaban J connectivity index is 1.54. The van der Waals surface area contributed by atoms with Crippen molar-refractivity contribution < 1.29 is 9.90 Å². The molecule has 0 bridgehead atoms. The largest absolute Gasteiger partial charge is 0.393 e. The van der Waals surface area contributed by atoms with Crippen LogP contribution in [0, 0.1) is 35.5 Å². The van der Waals surface area contributed by atoms with Gasteiger partial charge in [0.15, 0.2) is 0 Å². The van der Waals surface area contributed by atoms with Crippen molar-refractivity contribution >= 4 is 5.78 Å². The Labute approximate surface area is 116 Å². The van der Waals surface area contributed by atoms with E-state index < -0.39 is 0 Å². The first kappa shape index (κ1) is 12.4. The molecule has 1 N–H and O–H groups in total. The number of ketones is 1. The predicted octanol–water partition coefficient (Wildman–Crippen LogP) is 3.18. The van der Waals surface area contributed by atoms with Gasteiger partial charge in [0.1, 0.15) is 5.78 Å². The van der Waals surface area contributed by atoms with E-state index in [1.807, 2.05) is 0 Å². The summed E-state index contributed by atoms with van der Waals surface area (Å²) in [5, 5.41) is 9.88. The third kappa shape index (κ3) is 1.90. The summed E-state index contributed by atoms with van der Waals surface area (Å²) in [5.41, 5.74) is 0. The molecule has 0 heterocycles. The highest BCUT2D eigenvalue weighted by Crippen LogP contribution is 2.57. The molecule has 106 valence electrons. The van der Waals surface area contributed by atoms with Crippen molar-refractivity contribution in [3.63, 3.8) is 0 Å². The van der Waals surface area contributed by atoms with Crippen molar-refractivity contribution in [2.24, 2.45) is 35.5 Å². The van der Waals surface area contributed by atoms with E-state index in [0.29, 0.717) is 11.7 Å². The first-order chi connectivity index (χ1) is 9.24. The second-order valence-corrected chi connectivity index (χ2v) is 7.65. The summed E-state index contributed by atoms with van der Waals surface area (Å²) in [5.74, 6) is 5.15. The van der Waals surface area contributed by atoms with Crippen molar-refractivity contribution in [2.45, 2.75) is 63.9 Å². The van der Waals surface area contributed by atoms with E-state index in [1.165, 1.54) is 38.5 Å². The summed E-state index contributed by atoms with van der Waals surface area (Å²) in [6, 6.07) is 0. The van der Waals surface area contributed by atoms with Gasteiger partial charge in [-0.1, -0.05) is 0 Å². The van der Waals surface area contributed by atoms with Gasteiger partial charge < -0.3 is 5.11 Å². The molecule has 2 nitrogen and oxygen atoms in total. The lowest BCUT2D eigenvalue weighted by Crippen LogP contribution is -2.45. The average molecular weight is 262 g/mol. The number of aliphatic hydroxyl groups excluding tert-OH is 1. The van der Waals surface area contributed by atoms with Crippen LogP contribution in [0.2, 0.25) is 0 Å². The van der Waals surface area contributed by atoms with E-state index in [-0.39, 0.29) is 6.10 Å². The van der Waals surface area contributed by atoms with E-state index >= 15 is 0 Å². The van der Waals surface area contributed by atoms with Crippen LogP contribution in [0.1, 0.15) is 57.8 Å². The first-order valence-electron chi connectivity index (χ1n) is 8.45. The topological polar surface area (TPSA) is 37.3 Å². The second-order valence-electron chi connectivity index (χ2n) is 7.65. The summed E-state index contributed by atoms with van der Waals surface area (Å²) in [6.45, 7) is 0. The molecular weight excluding hydrogens is 236 g/mol. The molecule has 4 fully saturated rings. The Morgan fingerprint density at radius 3 is 2.42 bits per heavy atom. The number of carbonyl (C=O) groups is 1. The van der Waals surface area contributed by atoms with Crippen molar-refractivity contribution in [3.8, 4) is 0 Å². The maximum atomic E-state index is 12.0. The van der Waals surface area contributed by atoms with Crippen LogP contribution >= 0.6 is 0 Å². The van der Waals surface area contributed by atoms with Gasteiger partial charge in [0.2, 0.25) is 0 Å². The third-order valence-electron chi connectivity index (χ3n) is 7.00. The summed E-state index contributed by atoms with van der Waals surface area (Å²) < 4.78 is 0. The Bertz CT molecular complexity index is 377. The molecule has 0 aromatic heterocycles. The summed E-state index contributed by atoms with van der Waals surface area (Å²) in [4.78, 5) is 12.0. The van der Waals surface area contributed by atoms with E-state index in [2.05, 4.69) is 0 Å². The van der Waals surface area contributed by atoms with Crippen LogP contribution < -0.4 is 0 Å². The first-order valence-corrected chi connectivity index (χ1v) is 8.45. The van der Waals surface area contributed by atoms with Crippen LogP contribution in [-0.2, 0) is 4.79 Å². The number of fused-ring (bicyclic) bond motifs is 5. The number of aliphatic hydroxyl groups is 1. The molecule has 7 atom stereocenters. The molecule has 19 heavy (non-hydrogen) atoms. The number of carbonyl (C=O) groups excluding carboxylic acids is 1. The summed E-state index contributed by atoms with van der Waals surface area (Å²) in [6.07, 6.45) is 10.5. The van der Waals surface area contributed by atoms with Gasteiger partial charge in [-0.05, 0) is 81.0 Å². The molecule has 0 aromatic rings. The standard InChI is InChI=1S/C17H26O2/c18-11-2-4-12-10(9-11)1-3-14-13(12)5-6-16-15(14)7-8-17(16)19/h10-16,18H,1-9H2/t10-,11+,12?,13+,14?,15-,16?/m1/s1. The van der Waals surface area contributed by atoms with Crippen LogP contribution in [0.25, 0.3) is 0 Å². The normalized spacial score (nSPS) is 53.3. The number of Topliss-reactive ketones (excluding diaryl/α,β-unsaturated/α-hetero) is 1. The third-order valence-corrected chi connectivity index (χ3v) is 7.00. The van der Waals surface area contributed by atoms with Crippen molar-refractivity contribution in [3.05, 3.63) is 0 Å². The number of rotatable bonds is 0. The quantitative estimate of drug-likeness (QED) is 0.728. The monoisotopic (exact) mass is 262 g/mol. The predicted molar refractivity (Wildman–Crippen MR) is 73.5 cm³/mol. The van der Waals surface area contributed by atoms with Gasteiger partial charge >= 0.3 is 0 Å². The van der Waals surface area contributed by atoms with Crippen LogP contribution in [0.4, 0.5) is 0 Å². The fraction of sp³-hybridized carbons (Fsp3) is 0.941. The molecule has 0 radical (unpaired) electrons. The molecule has 0 amide bonds. The lowest BCUT2D eigenvalue weighted by atomic mass is 9.53. The number of hydrogen-bond donors (Lipinski definition) is 1. The molecule has 2 heteroatoms. The molecule has 4 aliphatic carbocycles. The number of hydrogen-bond acceptors (Lipinski definition) is 2. The molecule has 0 spiro atoms. The molecule has 0 saturated heterocycles. The van der Waals surface area contributed by atoms with Crippen molar-refractivity contribution in [1.82, 2.24) is 0 Å². The molecule has 0 aromatic carbocycles. The Morgan fingerprint density at radius 2 is 1.53 bits per heavy atom. The Morgan fingerprint density at radius 1 is 0.789 bits per heavy atom. The molecule has 3 unspecified atom stereocenters. The zero-order valence-corrected chi connectivity index (χ0v) is 11.8. The highest BCUT2D eigenvalue weighted by molar-refractivity contribution is 5.83. The van der Waals surface area contributed by atoms with Crippen LogP contribution in [0.3, 0.4) is 0 Å². The van der Waals surface area contributed by atoms with E-state index in [0.717, 1.165) is 48.9 Å². The minimum Gasteiger partial charge on any atom is -0.393 e. The van der Waals surface area contributed by atoms with E-state index in [1.54, 1.807) is 0 Å². The Hall–Kier alpha value is -0.370. The lowest BCUT2D eigenvalue weighted by molar-refractivity contribution is -0.124. The van der Waals surface area contributed by atoms with Gasteiger partial charge in [-0.15, -0.1) is 0 Å². The van der Waals surface area contributed by atoms with Crippen molar-refractivity contribution in [1.29, 1.82) is 0 Å². The van der Waals surface area contributed by atoms with Crippen LogP contribution in [-0.4, -0.2) is 17.0 Å². The van der Waals surface area contributed by atoms with Gasteiger partial charge in [-0.2, -0.15) is 0 Å². The van der Waals surface area contributed by atoms with Gasteiger partial charge in [0, 0.05) is 12.3 Å². The van der Waals surface area contributed by atoms with Gasteiger partial charge in [0.05, 0.1) is 6.10 Å². The minimum atomic E-state index is -0.0257. The van der Waals surface area contributed by atoms with E-state index in [9.17, 15) is 9.90 Å². The SMILES string of the molecule is O=C1CC[C@H]2C1CC[C@H]1C3CC[C@H](O)C[C@H]3CCC21.